The third kappa shape index (κ3) is 2.35. The van der Waals surface area contributed by atoms with E-state index in [0.29, 0.717) is 6.04 Å². The van der Waals surface area contributed by atoms with Crippen LogP contribution in [-0.4, -0.2) is 19.1 Å². The number of aromatic nitrogens is 1. The zero-order valence-corrected chi connectivity index (χ0v) is 10.1. The van der Waals surface area contributed by atoms with Crippen LogP contribution in [0.4, 0.5) is 0 Å². The van der Waals surface area contributed by atoms with Gasteiger partial charge < -0.3 is 10.1 Å². The number of nitrogens with zero attached hydrogens (tertiary/aromatic N) is 1. The van der Waals surface area contributed by atoms with Gasteiger partial charge in [-0.3, -0.25) is 4.98 Å². The van der Waals surface area contributed by atoms with Crippen LogP contribution in [-0.2, 0) is 0 Å². The van der Waals surface area contributed by atoms with Crippen molar-refractivity contribution in [1.29, 1.82) is 0 Å². The predicted octanol–water partition coefficient (Wildman–Crippen LogP) is 2.54. The predicted molar refractivity (Wildman–Crippen MR) is 64.5 cm³/mol. The number of ether oxygens (including phenoxy) is 1. The highest BCUT2D eigenvalue weighted by atomic mass is 16.5. The molecule has 1 N–H and O–H groups in total. The van der Waals surface area contributed by atoms with Gasteiger partial charge in [0.2, 0.25) is 0 Å². The smallest absolute Gasteiger partial charge is 0.141 e. The van der Waals surface area contributed by atoms with Crippen molar-refractivity contribution in [2.75, 3.05) is 14.2 Å². The second-order valence-corrected chi connectivity index (χ2v) is 4.46. The van der Waals surface area contributed by atoms with Crippen LogP contribution in [0.2, 0.25) is 0 Å². The van der Waals surface area contributed by atoms with Gasteiger partial charge in [-0.25, -0.2) is 0 Å². The van der Waals surface area contributed by atoms with Crippen LogP contribution in [0.3, 0.4) is 0 Å². The quantitative estimate of drug-likeness (QED) is 0.828. The molecule has 1 aliphatic carbocycles. The molecule has 3 heteroatoms. The number of hydrogen-bond acceptors (Lipinski definition) is 3. The van der Waals surface area contributed by atoms with Crippen LogP contribution in [0, 0.1) is 5.92 Å². The Balaban J connectivity index is 2.11. The Morgan fingerprint density at radius 1 is 1.56 bits per heavy atom. The van der Waals surface area contributed by atoms with E-state index < -0.39 is 0 Å². The molecule has 1 aromatic heterocycles. The average Bonchev–Trinajstić information content (AvgIpc) is 2.28. The Labute approximate surface area is 97.2 Å². The highest BCUT2D eigenvalue weighted by Gasteiger charge is 2.24. The lowest BCUT2D eigenvalue weighted by Crippen LogP contribution is -2.24. The highest BCUT2D eigenvalue weighted by molar-refractivity contribution is 5.29. The summed E-state index contributed by atoms with van der Waals surface area (Å²) in [6.45, 7) is 0. The third-order valence-corrected chi connectivity index (χ3v) is 3.49. The molecule has 2 rings (SSSR count). The average molecular weight is 220 g/mol. The first-order valence-electron chi connectivity index (χ1n) is 6.01. The minimum Gasteiger partial charge on any atom is -0.495 e. The Kier molecular flexibility index (Phi) is 3.78. The fourth-order valence-electron chi connectivity index (χ4n) is 2.27. The van der Waals surface area contributed by atoms with E-state index in [1.54, 1.807) is 7.11 Å². The van der Waals surface area contributed by atoms with Crippen molar-refractivity contribution < 1.29 is 4.74 Å². The van der Waals surface area contributed by atoms with Gasteiger partial charge in [0.05, 0.1) is 18.8 Å². The molecule has 1 aromatic rings. The highest BCUT2D eigenvalue weighted by Crippen LogP contribution is 2.36. The molecular weight excluding hydrogens is 200 g/mol. The molecule has 88 valence electrons. The first-order valence-corrected chi connectivity index (χ1v) is 6.01. The van der Waals surface area contributed by atoms with Gasteiger partial charge >= 0.3 is 0 Å². The largest absolute Gasteiger partial charge is 0.495 e. The number of hydrogen-bond donors (Lipinski definition) is 1. The molecule has 16 heavy (non-hydrogen) atoms. The van der Waals surface area contributed by atoms with Crippen LogP contribution >= 0.6 is 0 Å². The molecule has 1 aliphatic rings. The molecule has 0 amide bonds. The summed E-state index contributed by atoms with van der Waals surface area (Å²) in [5.41, 5.74) is 1.04. The molecule has 0 saturated heterocycles. The van der Waals surface area contributed by atoms with Gasteiger partial charge in [0, 0.05) is 6.20 Å². The zero-order chi connectivity index (χ0) is 11.4. The summed E-state index contributed by atoms with van der Waals surface area (Å²) in [6.07, 6.45) is 7.13. The lowest BCUT2D eigenvalue weighted by Gasteiger charge is -2.29. The van der Waals surface area contributed by atoms with E-state index in [2.05, 4.69) is 10.3 Å². The van der Waals surface area contributed by atoms with Crippen LogP contribution in [0.25, 0.3) is 0 Å². The minimum absolute atomic E-state index is 0.321. The van der Waals surface area contributed by atoms with Gasteiger partial charge in [0.15, 0.2) is 0 Å². The van der Waals surface area contributed by atoms with Crippen molar-refractivity contribution in [3.8, 4) is 5.75 Å². The van der Waals surface area contributed by atoms with Crippen molar-refractivity contribution in [1.82, 2.24) is 10.3 Å². The van der Waals surface area contributed by atoms with Crippen molar-refractivity contribution in [2.24, 2.45) is 5.92 Å². The maximum atomic E-state index is 5.36. The van der Waals surface area contributed by atoms with Gasteiger partial charge in [-0.2, -0.15) is 0 Å². The molecular formula is C13H20N2O. The van der Waals surface area contributed by atoms with E-state index in [-0.39, 0.29) is 0 Å². The summed E-state index contributed by atoms with van der Waals surface area (Å²) < 4.78 is 5.36. The molecule has 0 spiro atoms. The fraction of sp³-hybridized carbons (Fsp3) is 0.615. The summed E-state index contributed by atoms with van der Waals surface area (Å²) in [5.74, 6) is 1.75. The zero-order valence-electron chi connectivity index (χ0n) is 10.1. The molecule has 1 fully saturated rings. The van der Waals surface area contributed by atoms with Crippen LogP contribution in [0.15, 0.2) is 18.3 Å². The Hall–Kier alpha value is -1.09. The Morgan fingerprint density at radius 2 is 2.38 bits per heavy atom. The van der Waals surface area contributed by atoms with Gasteiger partial charge in [0.25, 0.3) is 0 Å². The molecule has 0 bridgehead atoms. The van der Waals surface area contributed by atoms with Crippen LogP contribution in [0.1, 0.15) is 37.4 Å². The summed E-state index contributed by atoms with van der Waals surface area (Å²) >= 11 is 0. The first-order chi connectivity index (χ1) is 7.85. The van der Waals surface area contributed by atoms with E-state index in [0.717, 1.165) is 17.4 Å². The standard InChI is InChI=1S/C13H20N2O/c1-14-11(9-10-5-3-6-10)13-12(16-2)7-4-8-15-13/h4,7-8,10-11,14H,3,5-6,9H2,1-2H3. The van der Waals surface area contributed by atoms with Crippen molar-refractivity contribution in [3.05, 3.63) is 24.0 Å². The molecule has 0 aliphatic heterocycles. The van der Waals surface area contributed by atoms with Gasteiger partial charge in [-0.05, 0) is 31.5 Å². The van der Waals surface area contributed by atoms with Gasteiger partial charge in [-0.1, -0.05) is 19.3 Å². The molecule has 1 saturated carbocycles. The number of nitrogens with one attached hydrogen (secondary N) is 1. The first kappa shape index (κ1) is 11.4. The maximum absolute atomic E-state index is 5.36. The third-order valence-electron chi connectivity index (χ3n) is 3.49. The molecule has 1 heterocycles. The number of methoxy groups -OCH3 is 1. The van der Waals surface area contributed by atoms with E-state index in [1.807, 2.05) is 25.4 Å². The molecule has 1 unspecified atom stereocenters. The van der Waals surface area contributed by atoms with Crippen molar-refractivity contribution in [2.45, 2.75) is 31.7 Å². The van der Waals surface area contributed by atoms with Crippen molar-refractivity contribution >= 4 is 0 Å². The number of pyridine rings is 1. The van der Waals surface area contributed by atoms with Crippen molar-refractivity contribution in [3.63, 3.8) is 0 Å². The molecule has 0 radical (unpaired) electrons. The fourth-order valence-corrected chi connectivity index (χ4v) is 2.27. The van der Waals surface area contributed by atoms with Gasteiger partial charge in [-0.15, -0.1) is 0 Å². The maximum Gasteiger partial charge on any atom is 0.141 e. The second kappa shape index (κ2) is 5.30. The van der Waals surface area contributed by atoms with E-state index in [9.17, 15) is 0 Å². The Morgan fingerprint density at radius 3 is 2.94 bits per heavy atom. The lowest BCUT2D eigenvalue weighted by atomic mass is 9.80. The normalized spacial score (nSPS) is 17.9. The molecule has 1 atom stereocenters. The summed E-state index contributed by atoms with van der Waals surface area (Å²) in [4.78, 5) is 4.44. The van der Waals surface area contributed by atoms with Crippen LogP contribution < -0.4 is 10.1 Å². The molecule has 3 nitrogen and oxygen atoms in total. The molecule has 0 aromatic carbocycles. The van der Waals surface area contributed by atoms with Gasteiger partial charge in [0.1, 0.15) is 5.75 Å². The second-order valence-electron chi connectivity index (χ2n) is 4.46. The van der Waals surface area contributed by atoms with E-state index in [4.69, 9.17) is 4.74 Å². The topological polar surface area (TPSA) is 34.2 Å². The monoisotopic (exact) mass is 220 g/mol. The summed E-state index contributed by atoms with van der Waals surface area (Å²) in [6, 6.07) is 4.22. The van der Waals surface area contributed by atoms with Crippen LogP contribution in [0.5, 0.6) is 5.75 Å². The Bertz CT molecular complexity index is 336. The lowest BCUT2D eigenvalue weighted by molar-refractivity contribution is 0.261. The summed E-state index contributed by atoms with van der Waals surface area (Å²) in [5, 5.41) is 3.35. The number of rotatable bonds is 5. The van der Waals surface area contributed by atoms with E-state index >= 15 is 0 Å². The SMILES string of the molecule is CNC(CC1CCC1)c1ncccc1OC. The minimum atomic E-state index is 0.321. The van der Waals surface area contributed by atoms with E-state index in [1.165, 1.54) is 25.7 Å². The summed E-state index contributed by atoms with van der Waals surface area (Å²) in [7, 11) is 3.70.